The zero-order valence-electron chi connectivity index (χ0n) is 10.5. The maximum absolute atomic E-state index is 12.0. The van der Waals surface area contributed by atoms with Crippen LogP contribution in [0.1, 0.15) is 26.7 Å². The number of aliphatic carboxylic acids is 1. The van der Waals surface area contributed by atoms with Crippen molar-refractivity contribution in [1.82, 2.24) is 5.32 Å². The van der Waals surface area contributed by atoms with E-state index in [0.717, 1.165) is 0 Å². The second kappa shape index (κ2) is 5.20. The molecule has 1 aliphatic carbocycles. The van der Waals surface area contributed by atoms with Gasteiger partial charge in [0.25, 0.3) is 0 Å². The monoisotopic (exact) mass is 254 g/mol. The molecule has 0 radical (unpaired) electrons. The second-order valence-corrected chi connectivity index (χ2v) is 4.97. The molecule has 0 aromatic carbocycles. The maximum atomic E-state index is 12.0. The van der Waals surface area contributed by atoms with Crippen LogP contribution in [0, 0.1) is 11.8 Å². The van der Waals surface area contributed by atoms with Crippen molar-refractivity contribution in [2.45, 2.75) is 32.2 Å². The van der Waals surface area contributed by atoms with E-state index in [9.17, 15) is 14.4 Å². The normalized spacial score (nSPS) is 23.4. The largest absolute Gasteiger partial charge is 0.481 e. The van der Waals surface area contributed by atoms with E-state index in [1.54, 1.807) is 12.2 Å². The van der Waals surface area contributed by atoms with E-state index < -0.39 is 35.2 Å². The number of nitrogens with one attached hydrogen (secondary N) is 1. The van der Waals surface area contributed by atoms with Crippen molar-refractivity contribution < 1.29 is 19.5 Å². The molecule has 0 aromatic rings. The van der Waals surface area contributed by atoms with Crippen LogP contribution in [0.5, 0.6) is 0 Å². The van der Waals surface area contributed by atoms with Crippen molar-refractivity contribution in [1.29, 1.82) is 0 Å². The summed E-state index contributed by atoms with van der Waals surface area (Å²) in [5.74, 6) is -3.52. The van der Waals surface area contributed by atoms with Gasteiger partial charge in [-0.05, 0) is 26.7 Å². The third-order valence-corrected chi connectivity index (χ3v) is 3.14. The van der Waals surface area contributed by atoms with Crippen molar-refractivity contribution in [3.05, 3.63) is 12.2 Å². The molecule has 2 amide bonds. The average molecular weight is 254 g/mol. The predicted octanol–water partition coefficient (Wildman–Crippen LogP) is 0.0335. The van der Waals surface area contributed by atoms with Crippen molar-refractivity contribution in [3.8, 4) is 0 Å². The molecule has 0 saturated carbocycles. The molecule has 2 atom stereocenters. The van der Waals surface area contributed by atoms with E-state index in [4.69, 9.17) is 10.8 Å². The van der Waals surface area contributed by atoms with Crippen LogP contribution in [0.3, 0.4) is 0 Å². The summed E-state index contributed by atoms with van der Waals surface area (Å²) in [6.45, 7) is 2.98. The van der Waals surface area contributed by atoms with Crippen LogP contribution in [0.25, 0.3) is 0 Å². The molecular weight excluding hydrogens is 236 g/mol. The fraction of sp³-hybridized carbons (Fsp3) is 0.583. The highest BCUT2D eigenvalue weighted by atomic mass is 16.4. The highest BCUT2D eigenvalue weighted by Crippen LogP contribution is 2.26. The lowest BCUT2D eigenvalue weighted by Gasteiger charge is -2.29. The van der Waals surface area contributed by atoms with Crippen molar-refractivity contribution in [2.75, 3.05) is 0 Å². The van der Waals surface area contributed by atoms with Gasteiger partial charge in [0.05, 0.1) is 11.8 Å². The lowest BCUT2D eigenvalue weighted by Crippen LogP contribution is -2.55. The minimum Gasteiger partial charge on any atom is -0.481 e. The molecule has 0 heterocycles. The van der Waals surface area contributed by atoms with Gasteiger partial charge in [-0.3, -0.25) is 14.4 Å². The van der Waals surface area contributed by atoms with Gasteiger partial charge in [-0.2, -0.15) is 0 Å². The standard InChI is InChI=1S/C12H18N2O4/c1-12(2,11(13)18)14-9(15)7-5-3-4-6-8(7)10(16)17/h3-4,7-8H,5-6H2,1-2H3,(H2,13,18)(H,14,15)(H,16,17). The number of carboxylic acids is 1. The van der Waals surface area contributed by atoms with Gasteiger partial charge in [0, 0.05) is 0 Å². The van der Waals surface area contributed by atoms with Gasteiger partial charge in [-0.1, -0.05) is 12.2 Å². The number of carbonyl (C=O) groups excluding carboxylic acids is 2. The molecule has 1 aliphatic rings. The highest BCUT2D eigenvalue weighted by Gasteiger charge is 2.37. The minimum atomic E-state index is -1.18. The molecule has 0 fully saturated rings. The third-order valence-electron chi connectivity index (χ3n) is 3.14. The van der Waals surface area contributed by atoms with Gasteiger partial charge in [0.1, 0.15) is 5.54 Å². The Morgan fingerprint density at radius 3 is 2.17 bits per heavy atom. The third kappa shape index (κ3) is 3.09. The van der Waals surface area contributed by atoms with Crippen LogP contribution in [0.15, 0.2) is 12.2 Å². The number of nitrogens with two attached hydrogens (primary N) is 1. The highest BCUT2D eigenvalue weighted by molar-refractivity contribution is 5.92. The molecule has 2 unspecified atom stereocenters. The molecule has 6 heteroatoms. The van der Waals surface area contributed by atoms with Crippen LogP contribution in [0.4, 0.5) is 0 Å². The van der Waals surface area contributed by atoms with E-state index in [0.29, 0.717) is 12.8 Å². The number of hydrogen-bond donors (Lipinski definition) is 3. The lowest BCUT2D eigenvalue weighted by atomic mass is 9.82. The Morgan fingerprint density at radius 2 is 1.72 bits per heavy atom. The number of hydrogen-bond acceptors (Lipinski definition) is 3. The Bertz CT molecular complexity index is 401. The van der Waals surface area contributed by atoms with E-state index in [1.807, 2.05) is 0 Å². The summed E-state index contributed by atoms with van der Waals surface area (Å²) in [6, 6.07) is 0. The van der Waals surface area contributed by atoms with Gasteiger partial charge in [-0.25, -0.2) is 0 Å². The van der Waals surface area contributed by atoms with Gasteiger partial charge in [0.15, 0.2) is 0 Å². The zero-order valence-corrected chi connectivity index (χ0v) is 10.5. The number of rotatable bonds is 4. The molecule has 0 bridgehead atoms. The molecule has 6 nitrogen and oxygen atoms in total. The molecule has 0 spiro atoms. The summed E-state index contributed by atoms with van der Waals surface area (Å²) < 4.78 is 0. The molecule has 4 N–H and O–H groups in total. The first-order valence-electron chi connectivity index (χ1n) is 5.75. The minimum absolute atomic E-state index is 0.324. The van der Waals surface area contributed by atoms with Crippen LogP contribution in [-0.2, 0) is 14.4 Å². The second-order valence-electron chi connectivity index (χ2n) is 4.97. The number of carboxylic acid groups (broad SMARTS) is 1. The Kier molecular flexibility index (Phi) is 4.11. The first-order chi connectivity index (χ1) is 8.25. The quantitative estimate of drug-likeness (QED) is 0.615. The molecule has 18 heavy (non-hydrogen) atoms. The zero-order chi connectivity index (χ0) is 13.9. The fourth-order valence-corrected chi connectivity index (χ4v) is 1.84. The SMILES string of the molecule is CC(C)(NC(=O)C1CC=CCC1C(=O)O)C(N)=O. The first kappa shape index (κ1) is 14.2. The van der Waals surface area contributed by atoms with E-state index >= 15 is 0 Å². The van der Waals surface area contributed by atoms with E-state index in [2.05, 4.69) is 5.32 Å². The van der Waals surface area contributed by atoms with Crippen LogP contribution in [-0.4, -0.2) is 28.4 Å². The lowest BCUT2D eigenvalue weighted by molar-refractivity contribution is -0.148. The number of amides is 2. The van der Waals surface area contributed by atoms with Crippen LogP contribution >= 0.6 is 0 Å². The van der Waals surface area contributed by atoms with Crippen molar-refractivity contribution in [3.63, 3.8) is 0 Å². The smallest absolute Gasteiger partial charge is 0.307 e. The summed E-state index contributed by atoms with van der Waals surface area (Å²) in [6.07, 6.45) is 4.21. The molecule has 1 rings (SSSR count). The Labute approximate surface area is 105 Å². The van der Waals surface area contributed by atoms with Crippen molar-refractivity contribution in [2.24, 2.45) is 17.6 Å². The van der Waals surface area contributed by atoms with Gasteiger partial charge in [-0.15, -0.1) is 0 Å². The van der Waals surface area contributed by atoms with Crippen molar-refractivity contribution >= 4 is 17.8 Å². The topological polar surface area (TPSA) is 109 Å². The van der Waals surface area contributed by atoms with E-state index in [-0.39, 0.29) is 0 Å². The first-order valence-corrected chi connectivity index (χ1v) is 5.75. The van der Waals surface area contributed by atoms with Crippen LogP contribution < -0.4 is 11.1 Å². The molecular formula is C12H18N2O4. The Balaban J connectivity index is 2.80. The molecule has 0 saturated heterocycles. The average Bonchev–Trinajstić information content (AvgIpc) is 2.28. The number of primary amides is 1. The van der Waals surface area contributed by atoms with E-state index in [1.165, 1.54) is 13.8 Å². The fourth-order valence-electron chi connectivity index (χ4n) is 1.84. The summed E-state index contributed by atoms with van der Waals surface area (Å²) >= 11 is 0. The molecule has 100 valence electrons. The van der Waals surface area contributed by atoms with Crippen LogP contribution in [0.2, 0.25) is 0 Å². The summed E-state index contributed by atoms with van der Waals surface area (Å²) in [4.78, 5) is 34.2. The molecule has 0 aromatic heterocycles. The predicted molar refractivity (Wildman–Crippen MR) is 64.4 cm³/mol. The van der Waals surface area contributed by atoms with Gasteiger partial charge >= 0.3 is 5.97 Å². The number of allylic oxidation sites excluding steroid dienone is 2. The maximum Gasteiger partial charge on any atom is 0.307 e. The van der Waals surface area contributed by atoms with Gasteiger partial charge in [0.2, 0.25) is 11.8 Å². The Hall–Kier alpha value is -1.85. The summed E-state index contributed by atoms with van der Waals surface area (Å²) in [7, 11) is 0. The number of carbonyl (C=O) groups is 3. The van der Waals surface area contributed by atoms with Gasteiger partial charge < -0.3 is 16.2 Å². The summed E-state index contributed by atoms with van der Waals surface area (Å²) in [5.41, 5.74) is 3.98. The molecule has 0 aliphatic heterocycles. The summed E-state index contributed by atoms with van der Waals surface area (Å²) in [5, 5.41) is 11.6. The Morgan fingerprint density at radius 1 is 1.22 bits per heavy atom.